The maximum absolute atomic E-state index is 10.3. The van der Waals surface area contributed by atoms with Crippen LogP contribution in [0.25, 0.3) is 20.8 Å². The molecule has 0 unspecified atom stereocenters. The molecule has 2 amide bonds. The molecule has 1 heterocycles. The number of benzene rings is 2. The van der Waals surface area contributed by atoms with E-state index in [0.717, 1.165) is 15.4 Å². The fourth-order valence-corrected chi connectivity index (χ4v) is 2.77. The highest BCUT2D eigenvalue weighted by molar-refractivity contribution is 7.21. The molecular weight excluding hydrogens is 308 g/mol. The zero-order chi connectivity index (χ0) is 16.8. The third-order valence-corrected chi connectivity index (χ3v) is 4.34. The summed E-state index contributed by atoms with van der Waals surface area (Å²) >= 11 is 1.74. The first-order valence-electron chi connectivity index (χ1n) is 7.15. The van der Waals surface area contributed by atoms with Crippen LogP contribution in [0.4, 0.5) is 0 Å². The number of carbonyl (C=O) groups is 2. The van der Waals surface area contributed by atoms with Crippen LogP contribution in [0.2, 0.25) is 0 Å². The summed E-state index contributed by atoms with van der Waals surface area (Å²) in [6.45, 7) is 2.70. The first-order chi connectivity index (χ1) is 11.0. The van der Waals surface area contributed by atoms with Crippen molar-refractivity contribution in [2.45, 2.75) is 13.8 Å². The molecule has 3 rings (SSSR count). The van der Waals surface area contributed by atoms with Crippen LogP contribution in [0.3, 0.4) is 0 Å². The van der Waals surface area contributed by atoms with E-state index < -0.39 is 0 Å². The molecule has 5 heteroatoms. The Labute approximate surface area is 139 Å². The van der Waals surface area contributed by atoms with Gasteiger partial charge in [0.25, 0.3) is 0 Å². The normalized spacial score (nSPS) is 9.87. The molecule has 1 aromatic heterocycles. The Kier molecular flexibility index (Phi) is 5.60. The molecular formula is C18H18N2O2S. The zero-order valence-corrected chi connectivity index (χ0v) is 14.1. The Morgan fingerprint density at radius 1 is 0.913 bits per heavy atom. The van der Waals surface area contributed by atoms with E-state index in [4.69, 9.17) is 0 Å². The molecule has 2 aromatic carbocycles. The maximum atomic E-state index is 10.3. The lowest BCUT2D eigenvalue weighted by molar-refractivity contribution is -0.140. The van der Waals surface area contributed by atoms with E-state index in [1.165, 1.54) is 31.2 Å². The third-order valence-electron chi connectivity index (χ3n) is 3.26. The lowest BCUT2D eigenvalue weighted by Crippen LogP contribution is -2.28. The topological polar surface area (TPSA) is 50.3 Å². The molecule has 0 bridgehead atoms. The van der Waals surface area contributed by atoms with Gasteiger partial charge in [0.05, 0.1) is 10.2 Å². The van der Waals surface area contributed by atoms with Gasteiger partial charge >= 0.3 is 0 Å². The van der Waals surface area contributed by atoms with Crippen LogP contribution in [0.1, 0.15) is 13.8 Å². The van der Waals surface area contributed by atoms with E-state index in [0.29, 0.717) is 0 Å². The molecule has 0 aliphatic carbocycles. The number of nitrogens with zero attached hydrogens (tertiary/aromatic N) is 2. The van der Waals surface area contributed by atoms with Crippen molar-refractivity contribution >= 4 is 33.4 Å². The highest BCUT2D eigenvalue weighted by Gasteiger charge is 2.04. The number of aromatic nitrogens is 1. The highest BCUT2D eigenvalue weighted by atomic mass is 32.1. The summed E-state index contributed by atoms with van der Waals surface area (Å²) in [6, 6.07) is 18.5. The minimum absolute atomic E-state index is 0.225. The van der Waals surface area contributed by atoms with Gasteiger partial charge in [-0.3, -0.25) is 14.5 Å². The van der Waals surface area contributed by atoms with Gasteiger partial charge in [-0.05, 0) is 12.1 Å². The summed E-state index contributed by atoms with van der Waals surface area (Å²) in [5.74, 6) is -0.449. The SMILES string of the molecule is CC(=O)N(C)C(C)=O.c1ccc(-c2nc3ccccc3s2)cc1. The molecule has 0 fully saturated rings. The van der Waals surface area contributed by atoms with Crippen LogP contribution in [0.15, 0.2) is 54.6 Å². The maximum Gasteiger partial charge on any atom is 0.225 e. The number of hydrogen-bond donors (Lipinski definition) is 0. The lowest BCUT2D eigenvalue weighted by atomic mass is 10.2. The Morgan fingerprint density at radius 3 is 2.00 bits per heavy atom. The van der Waals surface area contributed by atoms with E-state index >= 15 is 0 Å². The van der Waals surface area contributed by atoms with E-state index in [1.54, 1.807) is 11.3 Å². The largest absolute Gasteiger partial charge is 0.286 e. The van der Waals surface area contributed by atoms with Crippen molar-refractivity contribution in [1.82, 2.24) is 9.88 Å². The summed E-state index contributed by atoms with van der Waals surface area (Å²) in [7, 11) is 1.45. The molecule has 0 radical (unpaired) electrons. The fraction of sp³-hybridized carbons (Fsp3) is 0.167. The minimum atomic E-state index is -0.225. The summed E-state index contributed by atoms with van der Waals surface area (Å²) in [4.78, 5) is 26.2. The molecule has 0 atom stereocenters. The molecule has 0 aliphatic rings. The first-order valence-corrected chi connectivity index (χ1v) is 7.96. The first kappa shape index (κ1) is 16.8. The minimum Gasteiger partial charge on any atom is -0.286 e. The molecule has 4 nitrogen and oxygen atoms in total. The van der Waals surface area contributed by atoms with E-state index in [1.807, 2.05) is 24.3 Å². The van der Waals surface area contributed by atoms with Gasteiger partial charge in [0.15, 0.2) is 0 Å². The highest BCUT2D eigenvalue weighted by Crippen LogP contribution is 2.29. The number of imide groups is 1. The fourth-order valence-electron chi connectivity index (χ4n) is 1.80. The summed E-state index contributed by atoms with van der Waals surface area (Å²) in [6.07, 6.45) is 0. The van der Waals surface area contributed by atoms with Gasteiger partial charge < -0.3 is 0 Å². The summed E-state index contributed by atoms with van der Waals surface area (Å²) in [5, 5.41) is 1.09. The second kappa shape index (κ2) is 7.65. The second-order valence-electron chi connectivity index (χ2n) is 4.95. The molecule has 0 aliphatic heterocycles. The molecule has 118 valence electrons. The average Bonchev–Trinajstić information content (AvgIpc) is 2.99. The smallest absolute Gasteiger partial charge is 0.225 e. The monoisotopic (exact) mass is 326 g/mol. The van der Waals surface area contributed by atoms with Crippen LogP contribution >= 0.6 is 11.3 Å². The Morgan fingerprint density at radius 2 is 1.48 bits per heavy atom. The van der Waals surface area contributed by atoms with Gasteiger partial charge in [0.2, 0.25) is 11.8 Å². The number of thiazole rings is 1. The van der Waals surface area contributed by atoms with Gasteiger partial charge in [-0.15, -0.1) is 11.3 Å². The quantitative estimate of drug-likeness (QED) is 0.680. The van der Waals surface area contributed by atoms with Gasteiger partial charge in [0, 0.05) is 26.5 Å². The number of fused-ring (bicyclic) bond motifs is 1. The van der Waals surface area contributed by atoms with Crippen LogP contribution in [-0.4, -0.2) is 28.7 Å². The van der Waals surface area contributed by atoms with Crippen molar-refractivity contribution in [3.05, 3.63) is 54.6 Å². The predicted octanol–water partition coefficient (Wildman–Crippen LogP) is 3.97. The van der Waals surface area contributed by atoms with Crippen molar-refractivity contribution in [2.75, 3.05) is 7.05 Å². The number of hydrogen-bond acceptors (Lipinski definition) is 4. The molecule has 0 saturated carbocycles. The van der Waals surface area contributed by atoms with E-state index in [-0.39, 0.29) is 11.8 Å². The molecule has 23 heavy (non-hydrogen) atoms. The number of amides is 2. The van der Waals surface area contributed by atoms with Gasteiger partial charge in [-0.25, -0.2) is 4.98 Å². The zero-order valence-electron chi connectivity index (χ0n) is 13.3. The molecule has 0 spiro atoms. The molecule has 3 aromatic rings. The number of para-hydroxylation sites is 1. The Hall–Kier alpha value is -2.53. The van der Waals surface area contributed by atoms with Crippen LogP contribution in [0, 0.1) is 0 Å². The summed E-state index contributed by atoms with van der Waals surface area (Å²) in [5.41, 5.74) is 2.28. The Bertz CT molecular complexity index is 765. The van der Waals surface area contributed by atoms with Crippen molar-refractivity contribution in [3.8, 4) is 10.6 Å². The van der Waals surface area contributed by atoms with E-state index in [2.05, 4.69) is 35.3 Å². The van der Waals surface area contributed by atoms with E-state index in [9.17, 15) is 9.59 Å². The van der Waals surface area contributed by atoms with Crippen LogP contribution in [-0.2, 0) is 9.59 Å². The third kappa shape index (κ3) is 4.47. The number of carbonyl (C=O) groups excluding carboxylic acids is 2. The van der Waals surface area contributed by atoms with Crippen molar-refractivity contribution in [1.29, 1.82) is 0 Å². The number of rotatable bonds is 1. The van der Waals surface area contributed by atoms with Crippen molar-refractivity contribution in [3.63, 3.8) is 0 Å². The Balaban J connectivity index is 0.000000207. The van der Waals surface area contributed by atoms with Crippen molar-refractivity contribution < 1.29 is 9.59 Å². The standard InChI is InChI=1S/C13H9NS.C5H9NO2/c1-2-6-10(7-3-1)13-14-11-8-4-5-9-12(11)15-13;1-4(7)6(3)5(2)8/h1-9H;1-3H3. The molecule has 0 saturated heterocycles. The molecule has 0 N–H and O–H groups in total. The van der Waals surface area contributed by atoms with Crippen LogP contribution in [0.5, 0.6) is 0 Å². The second-order valence-corrected chi connectivity index (χ2v) is 5.98. The van der Waals surface area contributed by atoms with Gasteiger partial charge in [0.1, 0.15) is 5.01 Å². The van der Waals surface area contributed by atoms with Gasteiger partial charge in [-0.2, -0.15) is 0 Å². The summed E-state index contributed by atoms with van der Waals surface area (Å²) < 4.78 is 1.25. The van der Waals surface area contributed by atoms with Crippen LogP contribution < -0.4 is 0 Å². The lowest BCUT2D eigenvalue weighted by Gasteiger charge is -2.07. The average molecular weight is 326 g/mol. The predicted molar refractivity (Wildman–Crippen MR) is 94.2 cm³/mol. The van der Waals surface area contributed by atoms with Crippen molar-refractivity contribution in [2.24, 2.45) is 0 Å². The van der Waals surface area contributed by atoms with Gasteiger partial charge in [-0.1, -0.05) is 42.5 Å².